The van der Waals surface area contributed by atoms with Crippen molar-refractivity contribution >= 4 is 29.2 Å². The number of fused-ring (bicyclic) bond motifs is 1. The third-order valence-corrected chi connectivity index (χ3v) is 5.06. The second kappa shape index (κ2) is 7.58. The molecule has 1 fully saturated rings. The molecular weight excluding hydrogens is 404 g/mol. The first-order chi connectivity index (χ1) is 14.1. The van der Waals surface area contributed by atoms with Crippen LogP contribution in [0.1, 0.15) is 70.7 Å². The predicted octanol–water partition coefficient (Wildman–Crippen LogP) is 4.98. The number of hydrogen-bond donors (Lipinski definition) is 0. The second-order valence-electron chi connectivity index (χ2n) is 9.01. The summed E-state index contributed by atoms with van der Waals surface area (Å²) in [6.07, 6.45) is 5.52. The van der Waals surface area contributed by atoms with E-state index in [1.165, 1.54) is 4.90 Å². The lowest BCUT2D eigenvalue weighted by atomic mass is 10.1. The third kappa shape index (κ3) is 4.28. The molecule has 1 amide bonds. The Hall–Kier alpha value is -2.61. The van der Waals surface area contributed by atoms with E-state index in [1.54, 1.807) is 16.8 Å². The van der Waals surface area contributed by atoms with Crippen molar-refractivity contribution in [1.82, 2.24) is 24.4 Å². The molecule has 30 heavy (non-hydrogen) atoms. The maximum atomic E-state index is 13.2. The highest BCUT2D eigenvalue weighted by molar-refractivity contribution is 6.29. The van der Waals surface area contributed by atoms with E-state index in [-0.39, 0.29) is 17.6 Å². The molecular formula is C21H27ClN6O2. The maximum absolute atomic E-state index is 13.2. The molecule has 9 heteroatoms. The highest BCUT2D eigenvalue weighted by atomic mass is 35.5. The van der Waals surface area contributed by atoms with Crippen molar-refractivity contribution in [3.63, 3.8) is 0 Å². The number of rotatable bonds is 5. The molecule has 3 aromatic heterocycles. The zero-order valence-electron chi connectivity index (χ0n) is 18.0. The summed E-state index contributed by atoms with van der Waals surface area (Å²) in [7, 11) is 0. The second-order valence-corrected chi connectivity index (χ2v) is 9.40. The summed E-state index contributed by atoms with van der Waals surface area (Å²) in [5, 5.41) is 9.42. The summed E-state index contributed by atoms with van der Waals surface area (Å²) in [4.78, 5) is 19.1. The molecule has 1 saturated carbocycles. The molecule has 0 aromatic carbocycles. The summed E-state index contributed by atoms with van der Waals surface area (Å²) in [6.45, 7) is 9.88. The van der Waals surface area contributed by atoms with Crippen molar-refractivity contribution in [2.75, 3.05) is 4.90 Å². The average Bonchev–Trinajstić information content (AvgIpc) is 3.22. The Kier molecular flexibility index (Phi) is 5.22. The Morgan fingerprint density at radius 2 is 2.10 bits per heavy atom. The van der Waals surface area contributed by atoms with Crippen LogP contribution in [-0.2, 0) is 11.3 Å². The van der Waals surface area contributed by atoms with Crippen molar-refractivity contribution < 1.29 is 9.53 Å². The molecule has 0 aliphatic heterocycles. The molecule has 0 atom stereocenters. The smallest absolute Gasteiger partial charge is 0.416 e. The van der Waals surface area contributed by atoms with Crippen LogP contribution in [0.2, 0.25) is 5.15 Å². The number of ether oxygens (including phenoxy) is 1. The van der Waals surface area contributed by atoms with Crippen LogP contribution in [-0.4, -0.2) is 36.1 Å². The van der Waals surface area contributed by atoms with Gasteiger partial charge in [0.15, 0.2) is 5.65 Å². The molecule has 4 rings (SSSR count). The van der Waals surface area contributed by atoms with Crippen molar-refractivity contribution in [2.45, 2.75) is 71.6 Å². The Labute approximate surface area is 180 Å². The molecule has 3 heterocycles. The number of aromatic nitrogens is 5. The van der Waals surface area contributed by atoms with Gasteiger partial charge in [-0.1, -0.05) is 25.4 Å². The highest BCUT2D eigenvalue weighted by Gasteiger charge is 2.29. The van der Waals surface area contributed by atoms with E-state index in [2.05, 4.69) is 29.0 Å². The Balaban J connectivity index is 1.77. The standard InChI is InChI=1S/C21H27ClN6O2/c1-13(2)16-11-23-28-18(10-17(22)24-19(16)28)26(20(29)30-21(3,4)5)12-14-8-9-27(25-14)15-6-7-15/h8-11,13,15H,6-7,12H2,1-5H3. The molecule has 0 unspecified atom stereocenters. The van der Waals surface area contributed by atoms with Crippen molar-refractivity contribution in [2.24, 2.45) is 0 Å². The summed E-state index contributed by atoms with van der Waals surface area (Å²) in [6, 6.07) is 4.03. The van der Waals surface area contributed by atoms with Gasteiger partial charge in [-0.2, -0.15) is 14.7 Å². The van der Waals surface area contributed by atoms with Gasteiger partial charge >= 0.3 is 6.09 Å². The Bertz CT molecular complexity index is 1080. The molecule has 1 aliphatic rings. The molecule has 0 N–H and O–H groups in total. The number of carbonyl (C=O) groups is 1. The lowest BCUT2D eigenvalue weighted by Crippen LogP contribution is -2.37. The molecule has 160 valence electrons. The monoisotopic (exact) mass is 430 g/mol. The predicted molar refractivity (Wildman–Crippen MR) is 115 cm³/mol. The molecule has 8 nitrogen and oxygen atoms in total. The van der Waals surface area contributed by atoms with Gasteiger partial charge < -0.3 is 4.74 Å². The van der Waals surface area contributed by atoms with Gasteiger partial charge in [0.25, 0.3) is 0 Å². The first kappa shape index (κ1) is 20.7. The highest BCUT2D eigenvalue weighted by Crippen LogP contribution is 2.34. The van der Waals surface area contributed by atoms with Gasteiger partial charge in [-0.05, 0) is 45.6 Å². The Morgan fingerprint density at radius 3 is 2.73 bits per heavy atom. The van der Waals surface area contributed by atoms with Crippen LogP contribution in [0.4, 0.5) is 10.6 Å². The zero-order valence-corrected chi connectivity index (χ0v) is 18.7. The van der Waals surface area contributed by atoms with E-state index in [4.69, 9.17) is 16.3 Å². The van der Waals surface area contributed by atoms with Gasteiger partial charge in [0.2, 0.25) is 0 Å². The van der Waals surface area contributed by atoms with Crippen LogP contribution in [0, 0.1) is 0 Å². The summed E-state index contributed by atoms with van der Waals surface area (Å²) in [5.41, 5.74) is 1.71. The summed E-state index contributed by atoms with van der Waals surface area (Å²) < 4.78 is 9.29. The molecule has 0 bridgehead atoms. The van der Waals surface area contributed by atoms with Crippen LogP contribution in [0.3, 0.4) is 0 Å². The van der Waals surface area contributed by atoms with Gasteiger partial charge in [-0.15, -0.1) is 0 Å². The van der Waals surface area contributed by atoms with E-state index in [1.807, 2.05) is 37.7 Å². The van der Waals surface area contributed by atoms with E-state index in [0.29, 0.717) is 17.5 Å². The quantitative estimate of drug-likeness (QED) is 0.533. The first-order valence-electron chi connectivity index (χ1n) is 10.2. The first-order valence-corrected chi connectivity index (χ1v) is 10.6. The number of carbonyl (C=O) groups excluding carboxylic acids is 1. The lowest BCUT2D eigenvalue weighted by Gasteiger charge is -2.27. The molecule has 0 saturated heterocycles. The number of hydrogen-bond acceptors (Lipinski definition) is 5. The molecule has 0 radical (unpaired) electrons. The average molecular weight is 431 g/mol. The fraction of sp³-hybridized carbons (Fsp3) is 0.524. The van der Waals surface area contributed by atoms with Crippen LogP contribution in [0.25, 0.3) is 5.65 Å². The van der Waals surface area contributed by atoms with Crippen LogP contribution >= 0.6 is 11.6 Å². The number of amides is 1. The van der Waals surface area contributed by atoms with Crippen molar-refractivity contribution in [1.29, 1.82) is 0 Å². The number of nitrogens with zero attached hydrogens (tertiary/aromatic N) is 6. The van der Waals surface area contributed by atoms with Crippen LogP contribution in [0.15, 0.2) is 24.5 Å². The largest absolute Gasteiger partial charge is 0.443 e. The summed E-state index contributed by atoms with van der Waals surface area (Å²) in [5.74, 6) is 0.706. The van der Waals surface area contributed by atoms with Crippen LogP contribution in [0.5, 0.6) is 0 Å². The molecule has 0 spiro atoms. The van der Waals surface area contributed by atoms with Gasteiger partial charge in [0.1, 0.15) is 16.6 Å². The van der Waals surface area contributed by atoms with Gasteiger partial charge in [-0.3, -0.25) is 9.58 Å². The van der Waals surface area contributed by atoms with Crippen molar-refractivity contribution in [3.05, 3.63) is 40.9 Å². The maximum Gasteiger partial charge on any atom is 0.416 e. The van der Waals surface area contributed by atoms with Gasteiger partial charge in [-0.25, -0.2) is 9.78 Å². The van der Waals surface area contributed by atoms with E-state index in [0.717, 1.165) is 24.1 Å². The molecule has 1 aliphatic carbocycles. The van der Waals surface area contributed by atoms with Crippen molar-refractivity contribution in [3.8, 4) is 0 Å². The Morgan fingerprint density at radius 1 is 1.37 bits per heavy atom. The third-order valence-electron chi connectivity index (χ3n) is 4.87. The van der Waals surface area contributed by atoms with E-state index in [9.17, 15) is 4.79 Å². The number of halogens is 1. The molecule has 3 aromatic rings. The minimum Gasteiger partial charge on any atom is -0.443 e. The van der Waals surface area contributed by atoms with E-state index >= 15 is 0 Å². The SMILES string of the molecule is CC(C)c1cnn2c(N(Cc3ccn(C4CC4)n3)C(=O)OC(C)(C)C)cc(Cl)nc12. The van der Waals surface area contributed by atoms with Crippen LogP contribution < -0.4 is 4.90 Å². The minimum atomic E-state index is -0.647. The zero-order chi connectivity index (χ0) is 21.6. The van der Waals surface area contributed by atoms with Gasteiger partial charge in [0.05, 0.1) is 24.5 Å². The minimum absolute atomic E-state index is 0.213. The summed E-state index contributed by atoms with van der Waals surface area (Å²) >= 11 is 6.35. The topological polar surface area (TPSA) is 77.5 Å². The fourth-order valence-electron chi connectivity index (χ4n) is 3.26. The van der Waals surface area contributed by atoms with E-state index < -0.39 is 11.7 Å². The lowest BCUT2D eigenvalue weighted by molar-refractivity contribution is 0.0575. The number of anilines is 1. The fourth-order valence-corrected chi connectivity index (χ4v) is 3.43. The van der Waals surface area contributed by atoms with Gasteiger partial charge in [0, 0.05) is 17.8 Å². The normalized spacial score (nSPS) is 14.5.